The summed E-state index contributed by atoms with van der Waals surface area (Å²) in [6.45, 7) is 6.49. The monoisotopic (exact) mass is 425 g/mol. The predicted molar refractivity (Wildman–Crippen MR) is 113 cm³/mol. The molecule has 3 atom stereocenters. The van der Waals surface area contributed by atoms with E-state index in [0.717, 1.165) is 19.3 Å². The maximum Gasteiger partial charge on any atom is 0.311 e. The number of rotatable bonds is 8. The minimum atomic E-state index is -0.418. The van der Waals surface area contributed by atoms with Gasteiger partial charge < -0.3 is 10.1 Å². The molecule has 0 bridgehead atoms. The Balaban J connectivity index is 1.86. The van der Waals surface area contributed by atoms with Crippen molar-refractivity contribution in [2.45, 2.75) is 65.4 Å². The van der Waals surface area contributed by atoms with Crippen molar-refractivity contribution in [1.29, 1.82) is 5.41 Å². The molecule has 0 radical (unpaired) electrons. The van der Waals surface area contributed by atoms with E-state index in [-0.39, 0.29) is 36.9 Å². The average molecular weight is 426 g/mol. The van der Waals surface area contributed by atoms with Gasteiger partial charge in [0.05, 0.1) is 6.42 Å². The highest BCUT2D eigenvalue weighted by Crippen LogP contribution is 2.35. The summed E-state index contributed by atoms with van der Waals surface area (Å²) in [4.78, 5) is 24.6. The van der Waals surface area contributed by atoms with Crippen LogP contribution in [-0.2, 0) is 20.7 Å². The third kappa shape index (κ3) is 6.59. The number of ether oxygens (including phenoxy) is 1. The molecular weight excluding hydrogens is 397 g/mol. The van der Waals surface area contributed by atoms with Gasteiger partial charge in [0.25, 0.3) is 0 Å². The second-order valence-corrected chi connectivity index (χ2v) is 9.04. The first-order valence-corrected chi connectivity index (χ1v) is 10.6. The first-order valence-electron chi connectivity index (χ1n) is 9.87. The lowest BCUT2D eigenvalue weighted by atomic mass is 9.75. The van der Waals surface area contributed by atoms with Gasteiger partial charge in [-0.1, -0.05) is 56.5 Å². The number of Topliss-reactive ketones (excluding diaryl/α,β-unsaturated/α-hetero) is 1. The van der Waals surface area contributed by atoms with Crippen LogP contribution in [0.5, 0.6) is 0 Å². The molecule has 4 nitrogen and oxygen atoms in total. The van der Waals surface area contributed by atoms with Crippen molar-refractivity contribution in [2.24, 2.45) is 17.8 Å². The molecule has 0 saturated heterocycles. The quantitative estimate of drug-likeness (QED) is 0.415. The molecule has 1 N–H and O–H groups in total. The Labute approximate surface area is 177 Å². The summed E-state index contributed by atoms with van der Waals surface area (Å²) in [6.07, 6.45) is 2.78. The van der Waals surface area contributed by atoms with E-state index in [0.29, 0.717) is 33.4 Å². The number of nitrogens with one attached hydrogen (secondary N) is 1. The maximum atomic E-state index is 12.3. The van der Waals surface area contributed by atoms with Crippen LogP contribution in [0.15, 0.2) is 18.2 Å². The number of hydrogen-bond acceptors (Lipinski definition) is 4. The second-order valence-electron chi connectivity index (χ2n) is 8.23. The Kier molecular flexibility index (Phi) is 8.51. The van der Waals surface area contributed by atoms with Crippen LogP contribution < -0.4 is 0 Å². The van der Waals surface area contributed by atoms with Crippen molar-refractivity contribution in [3.05, 3.63) is 33.8 Å². The summed E-state index contributed by atoms with van der Waals surface area (Å²) in [5.41, 5.74) is 0.616. The van der Waals surface area contributed by atoms with Crippen LogP contribution in [0.1, 0.15) is 58.4 Å². The van der Waals surface area contributed by atoms with Crippen molar-refractivity contribution in [3.63, 3.8) is 0 Å². The van der Waals surface area contributed by atoms with Gasteiger partial charge in [0.2, 0.25) is 0 Å². The minimum absolute atomic E-state index is 0.0471. The molecule has 0 aromatic heterocycles. The van der Waals surface area contributed by atoms with Crippen LogP contribution >= 0.6 is 23.2 Å². The molecular formula is C22H29Cl2NO3. The minimum Gasteiger partial charge on any atom is -0.462 e. The standard InChI is InChI=1S/C22H29Cl2NO3/c1-13(2)17-8-7-14(3)9-21(17)28-22(27)11-15(25)10-16(26)12-18-19(23)5-4-6-20(18)24/h4-6,13-14,17,21,25H,7-12H2,1-3H3/t14-,17+,21-/m1/s1. The van der Waals surface area contributed by atoms with Gasteiger partial charge in [-0.15, -0.1) is 0 Å². The van der Waals surface area contributed by atoms with E-state index < -0.39 is 5.97 Å². The molecule has 1 aromatic carbocycles. The van der Waals surface area contributed by atoms with Crippen molar-refractivity contribution in [1.82, 2.24) is 0 Å². The summed E-state index contributed by atoms with van der Waals surface area (Å²) in [7, 11) is 0. The topological polar surface area (TPSA) is 67.2 Å². The number of ketones is 1. The zero-order chi connectivity index (χ0) is 20.8. The van der Waals surface area contributed by atoms with E-state index in [9.17, 15) is 9.59 Å². The Bertz CT molecular complexity index is 712. The number of carbonyl (C=O) groups is 2. The fraction of sp³-hybridized carbons (Fsp3) is 0.591. The van der Waals surface area contributed by atoms with E-state index in [2.05, 4.69) is 20.8 Å². The smallest absolute Gasteiger partial charge is 0.311 e. The van der Waals surface area contributed by atoms with Gasteiger partial charge in [-0.25, -0.2) is 0 Å². The lowest BCUT2D eigenvalue weighted by Crippen LogP contribution is -2.36. The molecule has 2 rings (SSSR count). The summed E-state index contributed by atoms with van der Waals surface area (Å²) < 4.78 is 5.71. The molecule has 0 unspecified atom stereocenters. The number of carbonyl (C=O) groups excluding carboxylic acids is 2. The van der Waals surface area contributed by atoms with E-state index in [4.69, 9.17) is 33.3 Å². The lowest BCUT2D eigenvalue weighted by molar-refractivity contribution is -0.154. The number of halogens is 2. The van der Waals surface area contributed by atoms with Gasteiger partial charge in [-0.2, -0.15) is 0 Å². The molecule has 6 heteroatoms. The van der Waals surface area contributed by atoms with Crippen LogP contribution in [0, 0.1) is 23.2 Å². The molecule has 1 aromatic rings. The largest absolute Gasteiger partial charge is 0.462 e. The van der Waals surface area contributed by atoms with Gasteiger partial charge in [0.1, 0.15) is 11.9 Å². The van der Waals surface area contributed by atoms with Crippen molar-refractivity contribution < 1.29 is 14.3 Å². The van der Waals surface area contributed by atoms with E-state index >= 15 is 0 Å². The molecule has 0 heterocycles. The van der Waals surface area contributed by atoms with E-state index in [1.165, 1.54) is 0 Å². The molecule has 0 aliphatic heterocycles. The SMILES string of the molecule is CC(C)[C@@H]1CC[C@@H](C)C[C@H]1OC(=O)CC(=N)CC(=O)Cc1c(Cl)cccc1Cl. The second kappa shape index (κ2) is 10.4. The summed E-state index contributed by atoms with van der Waals surface area (Å²) in [5, 5.41) is 8.88. The number of hydrogen-bond donors (Lipinski definition) is 1. The molecule has 0 spiro atoms. The fourth-order valence-electron chi connectivity index (χ4n) is 3.90. The van der Waals surface area contributed by atoms with Crippen LogP contribution in [0.4, 0.5) is 0 Å². The fourth-order valence-corrected chi connectivity index (χ4v) is 4.43. The average Bonchev–Trinajstić information content (AvgIpc) is 2.57. The third-order valence-electron chi connectivity index (χ3n) is 5.45. The van der Waals surface area contributed by atoms with Gasteiger partial charge >= 0.3 is 5.97 Å². The number of esters is 1. The molecule has 1 saturated carbocycles. The zero-order valence-electron chi connectivity index (χ0n) is 16.8. The highest BCUT2D eigenvalue weighted by molar-refractivity contribution is 6.36. The Morgan fingerprint density at radius 1 is 1.18 bits per heavy atom. The van der Waals surface area contributed by atoms with E-state index in [1.807, 2.05) is 0 Å². The first kappa shape index (κ1) is 22.9. The van der Waals surface area contributed by atoms with Crippen molar-refractivity contribution in [2.75, 3.05) is 0 Å². The molecule has 0 amide bonds. The number of benzene rings is 1. The van der Waals surface area contributed by atoms with Crippen LogP contribution in [0.2, 0.25) is 10.0 Å². The Morgan fingerprint density at radius 3 is 2.43 bits per heavy atom. The van der Waals surface area contributed by atoms with E-state index in [1.54, 1.807) is 18.2 Å². The molecule has 1 aliphatic rings. The maximum absolute atomic E-state index is 12.3. The summed E-state index contributed by atoms with van der Waals surface area (Å²) >= 11 is 12.2. The predicted octanol–water partition coefficient (Wildman–Crippen LogP) is 5.91. The molecule has 1 fully saturated rings. The van der Waals surface area contributed by atoms with Crippen LogP contribution in [0.25, 0.3) is 0 Å². The Hall–Kier alpha value is -1.39. The summed E-state index contributed by atoms with van der Waals surface area (Å²) in [5.74, 6) is 0.733. The molecule has 154 valence electrons. The van der Waals surface area contributed by atoms with Crippen molar-refractivity contribution >= 4 is 40.7 Å². The highest BCUT2D eigenvalue weighted by Gasteiger charge is 2.33. The zero-order valence-corrected chi connectivity index (χ0v) is 18.3. The van der Waals surface area contributed by atoms with Gasteiger partial charge in [-0.3, -0.25) is 9.59 Å². The molecule has 28 heavy (non-hydrogen) atoms. The summed E-state index contributed by atoms with van der Waals surface area (Å²) in [6, 6.07) is 5.07. The van der Waals surface area contributed by atoms with Gasteiger partial charge in [-0.05, 0) is 48.3 Å². The lowest BCUT2D eigenvalue weighted by Gasteiger charge is -2.36. The third-order valence-corrected chi connectivity index (χ3v) is 6.16. The van der Waals surface area contributed by atoms with Gasteiger partial charge in [0, 0.05) is 28.6 Å². The van der Waals surface area contributed by atoms with Crippen molar-refractivity contribution in [3.8, 4) is 0 Å². The highest BCUT2D eigenvalue weighted by atomic mass is 35.5. The molecule has 1 aliphatic carbocycles. The van der Waals surface area contributed by atoms with Gasteiger partial charge in [0.15, 0.2) is 0 Å². The normalized spacial score (nSPS) is 22.1. The first-order chi connectivity index (χ1) is 13.2. The van der Waals surface area contributed by atoms with Crippen LogP contribution in [-0.4, -0.2) is 23.6 Å². The Morgan fingerprint density at radius 2 is 1.82 bits per heavy atom. The van der Waals surface area contributed by atoms with Crippen LogP contribution in [0.3, 0.4) is 0 Å².